The molecule has 0 unspecified atom stereocenters. The Labute approximate surface area is 210 Å². The summed E-state index contributed by atoms with van der Waals surface area (Å²) in [6, 6.07) is 8.73. The molecule has 1 fully saturated rings. The predicted molar refractivity (Wildman–Crippen MR) is 135 cm³/mol. The van der Waals surface area contributed by atoms with Crippen molar-refractivity contribution in [3.8, 4) is 11.4 Å². The van der Waals surface area contributed by atoms with E-state index in [1.807, 2.05) is 18.3 Å². The van der Waals surface area contributed by atoms with E-state index in [4.69, 9.17) is 15.7 Å². The summed E-state index contributed by atoms with van der Waals surface area (Å²) in [4.78, 5) is 33.2. The number of carbonyl (C=O) groups is 2. The SMILES string of the molecule is [B]C([B])(O)NC(=O)c1nnc(N(CC)C(=O)N(C)C2CC2)cc1Nc1cccc(-c2ncn(C)n2)c1. The summed E-state index contributed by atoms with van der Waals surface area (Å²) in [6.07, 6.45) is 3.51. The molecule has 3 aromatic rings. The molecule has 1 aromatic carbocycles. The van der Waals surface area contributed by atoms with Gasteiger partial charge in [0.25, 0.3) is 5.91 Å². The first-order chi connectivity index (χ1) is 17.1. The molecule has 4 rings (SSSR count). The third-order valence-corrected chi connectivity index (χ3v) is 5.53. The average molecular weight is 485 g/mol. The number of aryl methyl sites for hydroxylation is 1. The number of amides is 3. The van der Waals surface area contributed by atoms with E-state index in [0.29, 0.717) is 18.1 Å². The summed E-state index contributed by atoms with van der Waals surface area (Å²) in [5, 5.41) is 27.3. The van der Waals surface area contributed by atoms with Crippen LogP contribution in [0, 0.1) is 0 Å². The number of anilines is 3. The molecule has 0 saturated heterocycles. The van der Waals surface area contributed by atoms with Gasteiger partial charge in [0.1, 0.15) is 22.0 Å². The Morgan fingerprint density at radius 2 is 2.00 bits per heavy atom. The average Bonchev–Trinajstić information content (AvgIpc) is 3.58. The highest BCUT2D eigenvalue weighted by molar-refractivity contribution is 6.39. The maximum Gasteiger partial charge on any atom is 0.325 e. The standard InChI is InChI=1S/C22H25B2N9O3/c1-4-33(21(35)32(3)15-8-9-15)17-11-16(18(29-28-17)20(34)27-22(23,24)36)26-14-7-5-6-13(10-14)19-25-12-31(2)30-19/h5-7,10-12,15,36H,4,8-9H2,1-3H3,(H,26,28)(H,27,34). The summed E-state index contributed by atoms with van der Waals surface area (Å²) in [6.45, 7) is 2.15. The Kier molecular flexibility index (Phi) is 6.97. The second-order valence-electron chi connectivity index (χ2n) is 8.56. The molecule has 182 valence electrons. The van der Waals surface area contributed by atoms with Crippen LogP contribution in [0.25, 0.3) is 11.4 Å². The van der Waals surface area contributed by atoms with Crippen molar-refractivity contribution in [2.45, 2.75) is 31.3 Å². The van der Waals surface area contributed by atoms with Crippen molar-refractivity contribution in [2.75, 3.05) is 23.8 Å². The minimum Gasteiger partial charge on any atom is -0.390 e. The molecule has 1 saturated carbocycles. The van der Waals surface area contributed by atoms with Crippen LogP contribution < -0.4 is 15.5 Å². The van der Waals surface area contributed by atoms with Gasteiger partial charge in [0.05, 0.1) is 5.69 Å². The third kappa shape index (κ3) is 5.82. The first kappa shape index (κ1) is 25.2. The molecule has 0 aliphatic heterocycles. The van der Waals surface area contributed by atoms with Gasteiger partial charge in [0.2, 0.25) is 0 Å². The fourth-order valence-corrected chi connectivity index (χ4v) is 3.58. The van der Waals surface area contributed by atoms with Crippen LogP contribution in [0.5, 0.6) is 0 Å². The van der Waals surface area contributed by atoms with E-state index < -0.39 is 11.4 Å². The smallest absolute Gasteiger partial charge is 0.325 e. The lowest BCUT2D eigenvalue weighted by Crippen LogP contribution is -2.50. The van der Waals surface area contributed by atoms with Gasteiger partial charge in [-0.1, -0.05) is 12.1 Å². The van der Waals surface area contributed by atoms with E-state index in [1.165, 1.54) is 11.0 Å². The number of benzene rings is 1. The van der Waals surface area contributed by atoms with E-state index in [-0.39, 0.29) is 29.3 Å². The summed E-state index contributed by atoms with van der Waals surface area (Å²) < 4.78 is 1.59. The Morgan fingerprint density at radius 3 is 2.61 bits per heavy atom. The maximum atomic E-state index is 13.0. The lowest BCUT2D eigenvalue weighted by molar-refractivity contribution is 0.0835. The van der Waals surface area contributed by atoms with Gasteiger partial charge >= 0.3 is 6.03 Å². The maximum absolute atomic E-state index is 13.0. The zero-order valence-corrected chi connectivity index (χ0v) is 20.2. The van der Waals surface area contributed by atoms with Crippen molar-refractivity contribution >= 4 is 44.8 Å². The summed E-state index contributed by atoms with van der Waals surface area (Å²) >= 11 is 0. The van der Waals surface area contributed by atoms with Crippen LogP contribution in [-0.2, 0) is 7.05 Å². The van der Waals surface area contributed by atoms with Crippen molar-refractivity contribution in [1.29, 1.82) is 0 Å². The second kappa shape index (κ2) is 9.97. The second-order valence-corrected chi connectivity index (χ2v) is 8.56. The summed E-state index contributed by atoms with van der Waals surface area (Å²) in [5.74, 6) is -0.0988. The molecule has 0 atom stereocenters. The van der Waals surface area contributed by atoms with Gasteiger partial charge in [-0.15, -0.1) is 10.2 Å². The van der Waals surface area contributed by atoms with Gasteiger partial charge < -0.3 is 20.6 Å². The molecule has 14 heteroatoms. The zero-order valence-electron chi connectivity index (χ0n) is 20.2. The van der Waals surface area contributed by atoms with E-state index >= 15 is 0 Å². The highest BCUT2D eigenvalue weighted by Crippen LogP contribution is 2.29. The van der Waals surface area contributed by atoms with E-state index in [1.54, 1.807) is 48.2 Å². The summed E-state index contributed by atoms with van der Waals surface area (Å²) in [5.41, 5.74) is -1.10. The number of hydrogen-bond donors (Lipinski definition) is 3. The Morgan fingerprint density at radius 1 is 1.25 bits per heavy atom. The van der Waals surface area contributed by atoms with Gasteiger partial charge in [0, 0.05) is 49.5 Å². The number of nitrogens with zero attached hydrogens (tertiary/aromatic N) is 7. The normalized spacial score (nSPS) is 13.2. The largest absolute Gasteiger partial charge is 0.390 e. The van der Waals surface area contributed by atoms with Crippen LogP contribution >= 0.6 is 0 Å². The van der Waals surface area contributed by atoms with Gasteiger partial charge in [0.15, 0.2) is 17.3 Å². The summed E-state index contributed by atoms with van der Waals surface area (Å²) in [7, 11) is 14.2. The van der Waals surface area contributed by atoms with Crippen LogP contribution in [0.2, 0.25) is 0 Å². The number of rotatable bonds is 8. The molecule has 3 N–H and O–H groups in total. The molecule has 12 nitrogen and oxygen atoms in total. The van der Waals surface area contributed by atoms with Crippen molar-refractivity contribution in [3.05, 3.63) is 42.4 Å². The predicted octanol–water partition coefficient (Wildman–Crippen LogP) is 0.727. The van der Waals surface area contributed by atoms with Crippen molar-refractivity contribution in [1.82, 2.24) is 35.2 Å². The van der Waals surface area contributed by atoms with Gasteiger partial charge in [-0.05, 0) is 31.9 Å². The lowest BCUT2D eigenvalue weighted by atomic mass is 9.73. The molecule has 0 spiro atoms. The Bertz CT molecular complexity index is 1270. The van der Waals surface area contributed by atoms with Gasteiger partial charge in [-0.3, -0.25) is 14.4 Å². The fourth-order valence-electron chi connectivity index (χ4n) is 3.58. The first-order valence-electron chi connectivity index (χ1n) is 11.3. The quantitative estimate of drug-likeness (QED) is 0.313. The molecule has 2 aromatic heterocycles. The highest BCUT2D eigenvalue weighted by Gasteiger charge is 2.33. The molecule has 36 heavy (non-hydrogen) atoms. The number of aromatic nitrogens is 5. The molecule has 3 amide bonds. The monoisotopic (exact) mass is 485 g/mol. The number of aliphatic hydroxyl groups is 1. The number of nitrogens with one attached hydrogen (secondary N) is 2. The van der Waals surface area contributed by atoms with E-state index in [9.17, 15) is 14.7 Å². The number of urea groups is 1. The van der Waals surface area contributed by atoms with E-state index in [2.05, 4.69) is 25.6 Å². The zero-order chi connectivity index (χ0) is 26.0. The van der Waals surface area contributed by atoms with Crippen LogP contribution in [0.4, 0.5) is 22.0 Å². The molecule has 1 aliphatic carbocycles. The van der Waals surface area contributed by atoms with Crippen LogP contribution in [0.15, 0.2) is 36.7 Å². The topological polar surface area (TPSA) is 141 Å². The van der Waals surface area contributed by atoms with Crippen molar-refractivity contribution in [2.24, 2.45) is 7.05 Å². The highest BCUT2D eigenvalue weighted by atomic mass is 16.3. The van der Waals surface area contributed by atoms with Crippen molar-refractivity contribution < 1.29 is 14.7 Å². The van der Waals surface area contributed by atoms with Crippen LogP contribution in [0.3, 0.4) is 0 Å². The lowest BCUT2D eigenvalue weighted by Gasteiger charge is -2.27. The fraction of sp³-hybridized carbons (Fsp3) is 0.364. The first-order valence-corrected chi connectivity index (χ1v) is 11.3. The van der Waals surface area contributed by atoms with Crippen LogP contribution in [-0.4, -0.2) is 87.8 Å². The minimum absolute atomic E-state index is 0.187. The van der Waals surface area contributed by atoms with Crippen molar-refractivity contribution in [3.63, 3.8) is 0 Å². The molecular formula is C22H25B2N9O3. The van der Waals surface area contributed by atoms with Gasteiger partial charge in [-0.2, -0.15) is 5.10 Å². The Balaban J connectivity index is 1.70. The Hall–Kier alpha value is -3.93. The van der Waals surface area contributed by atoms with E-state index in [0.717, 1.165) is 18.4 Å². The third-order valence-electron chi connectivity index (χ3n) is 5.53. The van der Waals surface area contributed by atoms with Crippen LogP contribution in [0.1, 0.15) is 30.3 Å². The minimum atomic E-state index is -2.46. The molecule has 2 heterocycles. The number of hydrogen-bond acceptors (Lipinski definition) is 8. The van der Waals surface area contributed by atoms with Gasteiger partial charge in [-0.25, -0.2) is 9.78 Å². The molecule has 0 bridgehead atoms. The number of carbonyl (C=O) groups excluding carboxylic acids is 2. The molecule has 1 aliphatic rings. The molecular weight excluding hydrogens is 460 g/mol. The molecule has 4 radical (unpaired) electrons.